The van der Waals surface area contributed by atoms with E-state index < -0.39 is 5.54 Å². The molecule has 0 aromatic carbocycles. The SMILES string of the molecule is Cc1cc2c(NC(C)(C)CO)nc(Cl)nc2s1. The topological polar surface area (TPSA) is 58.0 Å². The fourth-order valence-electron chi connectivity index (χ4n) is 1.47. The average molecular weight is 272 g/mol. The van der Waals surface area contributed by atoms with Crippen molar-refractivity contribution in [3.63, 3.8) is 0 Å². The molecular weight excluding hydrogens is 258 g/mol. The summed E-state index contributed by atoms with van der Waals surface area (Å²) in [5.41, 5.74) is -0.444. The zero-order valence-electron chi connectivity index (χ0n) is 9.91. The maximum atomic E-state index is 9.27. The number of fused-ring (bicyclic) bond motifs is 1. The Balaban J connectivity index is 2.52. The summed E-state index contributed by atoms with van der Waals surface area (Å²) in [5, 5.41) is 13.6. The van der Waals surface area contributed by atoms with Crippen molar-refractivity contribution in [1.29, 1.82) is 0 Å². The summed E-state index contributed by atoms with van der Waals surface area (Å²) in [4.78, 5) is 10.4. The molecule has 6 heteroatoms. The van der Waals surface area contributed by atoms with Crippen LogP contribution in [0.4, 0.5) is 5.82 Å². The van der Waals surface area contributed by atoms with Gasteiger partial charge in [0.1, 0.15) is 10.6 Å². The third-order valence-electron chi connectivity index (χ3n) is 2.34. The van der Waals surface area contributed by atoms with E-state index in [-0.39, 0.29) is 11.9 Å². The first-order chi connectivity index (χ1) is 7.91. The van der Waals surface area contributed by atoms with Crippen LogP contribution >= 0.6 is 22.9 Å². The first kappa shape index (κ1) is 12.5. The van der Waals surface area contributed by atoms with Gasteiger partial charge in [-0.2, -0.15) is 0 Å². The van der Waals surface area contributed by atoms with E-state index in [2.05, 4.69) is 15.3 Å². The number of nitrogens with one attached hydrogen (secondary N) is 1. The van der Waals surface area contributed by atoms with Crippen LogP contribution in [0.15, 0.2) is 6.07 Å². The molecule has 0 fully saturated rings. The zero-order chi connectivity index (χ0) is 12.6. The highest BCUT2D eigenvalue weighted by molar-refractivity contribution is 7.18. The van der Waals surface area contributed by atoms with Gasteiger partial charge in [-0.25, -0.2) is 9.97 Å². The van der Waals surface area contributed by atoms with Gasteiger partial charge >= 0.3 is 0 Å². The highest BCUT2D eigenvalue weighted by atomic mass is 35.5. The Morgan fingerprint density at radius 2 is 2.18 bits per heavy atom. The molecule has 17 heavy (non-hydrogen) atoms. The smallest absolute Gasteiger partial charge is 0.225 e. The number of rotatable bonds is 3. The lowest BCUT2D eigenvalue weighted by Gasteiger charge is -2.24. The average Bonchev–Trinajstić information content (AvgIpc) is 2.58. The van der Waals surface area contributed by atoms with Gasteiger partial charge < -0.3 is 10.4 Å². The van der Waals surface area contributed by atoms with Gasteiger partial charge in [0, 0.05) is 4.88 Å². The third kappa shape index (κ3) is 2.68. The predicted molar refractivity (Wildman–Crippen MR) is 71.9 cm³/mol. The number of aromatic nitrogens is 2. The first-order valence-corrected chi connectivity index (χ1v) is 6.43. The Kier molecular flexibility index (Phi) is 3.25. The van der Waals surface area contributed by atoms with Crippen molar-refractivity contribution in [3.8, 4) is 0 Å². The monoisotopic (exact) mass is 271 g/mol. The van der Waals surface area contributed by atoms with E-state index in [0.717, 1.165) is 15.1 Å². The Labute approximate surface area is 109 Å². The van der Waals surface area contributed by atoms with Gasteiger partial charge in [0.25, 0.3) is 0 Å². The molecule has 0 spiro atoms. The lowest BCUT2D eigenvalue weighted by Crippen LogP contribution is -2.35. The summed E-state index contributed by atoms with van der Waals surface area (Å²) < 4.78 is 0. The molecule has 2 aromatic heterocycles. The van der Waals surface area contributed by atoms with Crippen LogP contribution in [0.3, 0.4) is 0 Å². The Hall–Kier alpha value is -0.910. The van der Waals surface area contributed by atoms with Gasteiger partial charge in [0.05, 0.1) is 17.5 Å². The molecule has 4 nitrogen and oxygen atoms in total. The lowest BCUT2D eigenvalue weighted by atomic mass is 10.1. The summed E-state index contributed by atoms with van der Waals surface area (Å²) in [5.74, 6) is 0.670. The van der Waals surface area contributed by atoms with Crippen molar-refractivity contribution in [2.45, 2.75) is 26.3 Å². The molecule has 0 aliphatic rings. The van der Waals surface area contributed by atoms with Crippen molar-refractivity contribution in [1.82, 2.24) is 9.97 Å². The van der Waals surface area contributed by atoms with Gasteiger partial charge in [0.2, 0.25) is 5.28 Å². The normalized spacial score (nSPS) is 12.1. The number of aliphatic hydroxyl groups is 1. The van der Waals surface area contributed by atoms with Crippen LogP contribution in [0.1, 0.15) is 18.7 Å². The molecule has 2 aromatic rings. The molecule has 2 heterocycles. The minimum absolute atomic E-state index is 0.0131. The molecule has 92 valence electrons. The predicted octanol–water partition coefficient (Wildman–Crippen LogP) is 2.84. The van der Waals surface area contributed by atoms with Crippen molar-refractivity contribution < 1.29 is 5.11 Å². The largest absolute Gasteiger partial charge is 0.394 e. The molecule has 0 amide bonds. The van der Waals surface area contributed by atoms with E-state index in [1.807, 2.05) is 26.8 Å². The summed E-state index contributed by atoms with van der Waals surface area (Å²) >= 11 is 7.46. The highest BCUT2D eigenvalue weighted by Gasteiger charge is 2.19. The second-order valence-corrected chi connectivity index (χ2v) is 6.16. The molecule has 0 saturated heterocycles. The van der Waals surface area contributed by atoms with E-state index in [1.54, 1.807) is 11.3 Å². The number of nitrogens with zero attached hydrogens (tertiary/aromatic N) is 2. The summed E-state index contributed by atoms with van der Waals surface area (Å²) in [6.07, 6.45) is 0. The van der Waals surface area contributed by atoms with E-state index in [9.17, 15) is 5.11 Å². The number of aliphatic hydroxyl groups excluding tert-OH is 1. The maximum Gasteiger partial charge on any atom is 0.225 e. The van der Waals surface area contributed by atoms with Crippen LogP contribution in [0.5, 0.6) is 0 Å². The van der Waals surface area contributed by atoms with Crippen LogP contribution in [0, 0.1) is 6.92 Å². The molecule has 2 N–H and O–H groups in total. The van der Waals surface area contributed by atoms with Gasteiger partial charge in [0.15, 0.2) is 0 Å². The van der Waals surface area contributed by atoms with Gasteiger partial charge in [-0.05, 0) is 38.4 Å². The number of aryl methyl sites for hydroxylation is 1. The molecule has 0 aliphatic heterocycles. The fourth-order valence-corrected chi connectivity index (χ4v) is 2.57. The Morgan fingerprint density at radius 3 is 2.82 bits per heavy atom. The lowest BCUT2D eigenvalue weighted by molar-refractivity contribution is 0.234. The van der Waals surface area contributed by atoms with E-state index >= 15 is 0 Å². The molecule has 0 radical (unpaired) electrons. The van der Waals surface area contributed by atoms with E-state index in [0.29, 0.717) is 5.82 Å². The molecule has 0 saturated carbocycles. The maximum absolute atomic E-state index is 9.27. The Bertz CT molecular complexity index is 553. The molecule has 2 rings (SSSR count). The summed E-state index contributed by atoms with van der Waals surface area (Å²) in [7, 11) is 0. The molecule has 0 bridgehead atoms. The van der Waals surface area contributed by atoms with Crippen molar-refractivity contribution in [2.75, 3.05) is 11.9 Å². The quantitative estimate of drug-likeness (QED) is 0.843. The number of anilines is 1. The summed E-state index contributed by atoms with van der Waals surface area (Å²) in [6.45, 7) is 5.82. The van der Waals surface area contributed by atoms with Gasteiger partial charge in [-0.3, -0.25) is 0 Å². The van der Waals surface area contributed by atoms with Crippen molar-refractivity contribution in [2.24, 2.45) is 0 Å². The van der Waals surface area contributed by atoms with Crippen LogP contribution in [0.2, 0.25) is 5.28 Å². The number of thiophene rings is 1. The second-order valence-electron chi connectivity index (χ2n) is 4.58. The minimum atomic E-state index is -0.444. The molecular formula is C11H14ClN3OS. The zero-order valence-corrected chi connectivity index (χ0v) is 11.5. The summed E-state index contributed by atoms with van der Waals surface area (Å²) in [6, 6.07) is 2.02. The van der Waals surface area contributed by atoms with E-state index in [4.69, 9.17) is 11.6 Å². The molecule has 0 aliphatic carbocycles. The molecule has 0 atom stereocenters. The van der Waals surface area contributed by atoms with Crippen LogP contribution in [0.25, 0.3) is 10.2 Å². The van der Waals surface area contributed by atoms with Crippen molar-refractivity contribution in [3.05, 3.63) is 16.2 Å². The second kappa shape index (κ2) is 4.40. The Morgan fingerprint density at radius 1 is 1.47 bits per heavy atom. The highest BCUT2D eigenvalue weighted by Crippen LogP contribution is 2.30. The first-order valence-electron chi connectivity index (χ1n) is 5.24. The van der Waals surface area contributed by atoms with Crippen LogP contribution in [-0.4, -0.2) is 27.2 Å². The minimum Gasteiger partial charge on any atom is -0.394 e. The molecule has 0 unspecified atom stereocenters. The number of hydrogen-bond acceptors (Lipinski definition) is 5. The number of halogens is 1. The van der Waals surface area contributed by atoms with Crippen LogP contribution in [-0.2, 0) is 0 Å². The van der Waals surface area contributed by atoms with Gasteiger partial charge in [-0.15, -0.1) is 11.3 Å². The van der Waals surface area contributed by atoms with Crippen molar-refractivity contribution >= 4 is 39.0 Å². The fraction of sp³-hybridized carbons (Fsp3) is 0.455. The number of hydrogen-bond donors (Lipinski definition) is 2. The van der Waals surface area contributed by atoms with E-state index in [1.165, 1.54) is 0 Å². The standard InChI is InChI=1S/C11H14ClN3OS/c1-6-4-7-8(15-11(2,3)5-16)13-10(12)14-9(7)17-6/h4,16H,5H2,1-3H3,(H,13,14,15). The third-order valence-corrected chi connectivity index (χ3v) is 3.45. The van der Waals surface area contributed by atoms with Crippen LogP contribution < -0.4 is 5.32 Å². The van der Waals surface area contributed by atoms with Gasteiger partial charge in [-0.1, -0.05) is 0 Å².